The van der Waals surface area contributed by atoms with Gasteiger partial charge in [-0.05, 0) is 47.9 Å². The van der Waals surface area contributed by atoms with Gasteiger partial charge in [-0.2, -0.15) is 0 Å². The molecule has 0 radical (unpaired) electrons. The summed E-state index contributed by atoms with van der Waals surface area (Å²) in [5, 5.41) is 0. The van der Waals surface area contributed by atoms with Crippen LogP contribution in [0.25, 0.3) is 0 Å². The van der Waals surface area contributed by atoms with Crippen molar-refractivity contribution in [2.24, 2.45) is 5.92 Å². The highest BCUT2D eigenvalue weighted by Gasteiger charge is 2.33. The number of nitrogens with zero attached hydrogens (tertiary/aromatic N) is 2. The van der Waals surface area contributed by atoms with Crippen molar-refractivity contribution in [3.63, 3.8) is 0 Å². The average Bonchev–Trinajstić information content (AvgIpc) is 2.95. The van der Waals surface area contributed by atoms with Crippen molar-refractivity contribution in [1.82, 2.24) is 0 Å². The smallest absolute Gasteiger partial charge is 0.258 e. The predicted molar refractivity (Wildman–Crippen MR) is 132 cm³/mol. The molecule has 0 fully saturated rings. The number of carbonyl (C=O) groups excluding carboxylic acids is 2. The summed E-state index contributed by atoms with van der Waals surface area (Å²) in [5.41, 5.74) is 3.34. The maximum Gasteiger partial charge on any atom is 0.258 e. The SMILES string of the molecule is CC1CN(C(=O)c2ccccc2)c2ccccc2N(CCOc2ccc(C(C)C)cc2)C1=O. The highest BCUT2D eigenvalue weighted by atomic mass is 16.5. The summed E-state index contributed by atoms with van der Waals surface area (Å²) in [6.07, 6.45) is 0. The molecule has 33 heavy (non-hydrogen) atoms. The molecule has 4 rings (SSSR count). The molecule has 0 aliphatic carbocycles. The van der Waals surface area contributed by atoms with Crippen molar-refractivity contribution in [3.05, 3.63) is 90.0 Å². The Balaban J connectivity index is 1.55. The standard InChI is InChI=1S/C28H30N2O3/c1-20(2)22-13-15-24(16-14-22)33-18-17-29-25-11-7-8-12-26(25)30(19-21(3)27(29)31)28(32)23-9-5-4-6-10-23/h4-16,20-21H,17-19H2,1-3H3. The number of hydrogen-bond acceptors (Lipinski definition) is 3. The van der Waals surface area contributed by atoms with E-state index >= 15 is 0 Å². The van der Waals surface area contributed by atoms with Gasteiger partial charge in [-0.15, -0.1) is 0 Å². The molecule has 3 aromatic rings. The van der Waals surface area contributed by atoms with E-state index in [0.29, 0.717) is 31.2 Å². The number of rotatable bonds is 6. The summed E-state index contributed by atoms with van der Waals surface area (Å²) in [6, 6.07) is 24.9. The largest absolute Gasteiger partial charge is 0.492 e. The van der Waals surface area contributed by atoms with Crippen LogP contribution in [0.4, 0.5) is 11.4 Å². The van der Waals surface area contributed by atoms with Gasteiger partial charge in [0.15, 0.2) is 0 Å². The minimum absolute atomic E-state index is 0.00966. The van der Waals surface area contributed by atoms with Gasteiger partial charge in [-0.25, -0.2) is 0 Å². The summed E-state index contributed by atoms with van der Waals surface area (Å²) < 4.78 is 5.95. The van der Waals surface area contributed by atoms with Crippen LogP contribution >= 0.6 is 0 Å². The normalized spacial score (nSPS) is 15.9. The first-order chi connectivity index (χ1) is 16.0. The van der Waals surface area contributed by atoms with Crippen molar-refractivity contribution >= 4 is 23.2 Å². The van der Waals surface area contributed by atoms with Gasteiger partial charge in [0.1, 0.15) is 12.4 Å². The number of fused-ring (bicyclic) bond motifs is 1. The molecular weight excluding hydrogens is 412 g/mol. The van der Waals surface area contributed by atoms with Crippen LogP contribution in [0.2, 0.25) is 0 Å². The van der Waals surface area contributed by atoms with Gasteiger partial charge in [0.25, 0.3) is 5.91 Å². The highest BCUT2D eigenvalue weighted by Crippen LogP contribution is 2.35. The van der Waals surface area contributed by atoms with Crippen LogP contribution in [-0.4, -0.2) is 31.5 Å². The Labute approximate surface area is 195 Å². The molecule has 5 nitrogen and oxygen atoms in total. The molecule has 1 unspecified atom stereocenters. The first kappa shape index (κ1) is 22.6. The van der Waals surface area contributed by atoms with Crippen LogP contribution in [0.15, 0.2) is 78.9 Å². The third-order valence-electron chi connectivity index (χ3n) is 6.00. The zero-order chi connectivity index (χ0) is 23.4. The van der Waals surface area contributed by atoms with Gasteiger partial charge in [0.2, 0.25) is 5.91 Å². The van der Waals surface area contributed by atoms with Crippen molar-refractivity contribution < 1.29 is 14.3 Å². The Hall–Kier alpha value is -3.60. The Kier molecular flexibility index (Phi) is 6.78. The molecule has 0 aromatic heterocycles. The second-order valence-corrected chi connectivity index (χ2v) is 8.73. The van der Waals surface area contributed by atoms with E-state index in [1.54, 1.807) is 21.9 Å². The second-order valence-electron chi connectivity index (χ2n) is 8.73. The van der Waals surface area contributed by atoms with Gasteiger partial charge in [0, 0.05) is 12.1 Å². The lowest BCUT2D eigenvalue weighted by molar-refractivity contribution is -0.121. The third kappa shape index (κ3) is 4.92. The summed E-state index contributed by atoms with van der Waals surface area (Å²) in [4.78, 5) is 30.1. The molecule has 1 heterocycles. The number of benzene rings is 3. The molecule has 0 N–H and O–H groups in total. The quantitative estimate of drug-likeness (QED) is 0.505. The van der Waals surface area contributed by atoms with Crippen molar-refractivity contribution in [2.75, 3.05) is 29.5 Å². The fourth-order valence-corrected chi connectivity index (χ4v) is 4.12. The number of carbonyl (C=O) groups is 2. The van der Waals surface area contributed by atoms with Crippen LogP contribution in [0, 0.1) is 5.92 Å². The molecule has 170 valence electrons. The fraction of sp³-hybridized carbons (Fsp3) is 0.286. The number of anilines is 2. The summed E-state index contributed by atoms with van der Waals surface area (Å²) in [6.45, 7) is 7.28. The molecule has 2 amide bonds. The Morgan fingerprint density at radius 3 is 2.24 bits per heavy atom. The van der Waals surface area contributed by atoms with E-state index < -0.39 is 0 Å². The maximum absolute atomic E-state index is 13.3. The Bertz CT molecular complexity index is 1110. The molecule has 1 aliphatic heterocycles. The molecule has 5 heteroatoms. The number of amides is 2. The van der Waals surface area contributed by atoms with E-state index in [0.717, 1.165) is 17.1 Å². The number of para-hydroxylation sites is 2. The van der Waals surface area contributed by atoms with Crippen LogP contribution in [0.5, 0.6) is 5.75 Å². The molecule has 3 aromatic carbocycles. The first-order valence-corrected chi connectivity index (χ1v) is 11.5. The van der Waals surface area contributed by atoms with Crippen molar-refractivity contribution in [2.45, 2.75) is 26.7 Å². The first-order valence-electron chi connectivity index (χ1n) is 11.5. The van der Waals surface area contributed by atoms with Crippen molar-refractivity contribution in [1.29, 1.82) is 0 Å². The van der Waals surface area contributed by atoms with Gasteiger partial charge in [0.05, 0.1) is 23.8 Å². The minimum Gasteiger partial charge on any atom is -0.492 e. The molecule has 1 atom stereocenters. The van der Waals surface area contributed by atoms with E-state index in [-0.39, 0.29) is 17.7 Å². The lowest BCUT2D eigenvalue weighted by Gasteiger charge is -2.25. The monoisotopic (exact) mass is 442 g/mol. The predicted octanol–water partition coefficient (Wildman–Crippen LogP) is 5.52. The number of ether oxygens (including phenoxy) is 1. The second kappa shape index (κ2) is 9.90. The summed E-state index contributed by atoms with van der Waals surface area (Å²) in [7, 11) is 0. The van der Waals surface area contributed by atoms with Crippen LogP contribution in [0.1, 0.15) is 42.6 Å². The third-order valence-corrected chi connectivity index (χ3v) is 6.00. The number of hydrogen-bond donors (Lipinski definition) is 0. The van der Waals surface area contributed by atoms with Crippen molar-refractivity contribution in [3.8, 4) is 5.75 Å². The summed E-state index contributed by atoms with van der Waals surface area (Å²) >= 11 is 0. The Morgan fingerprint density at radius 1 is 0.939 bits per heavy atom. The molecule has 0 saturated heterocycles. The van der Waals surface area contributed by atoms with Gasteiger partial charge in [-0.1, -0.05) is 63.2 Å². The molecule has 0 saturated carbocycles. The van der Waals surface area contributed by atoms with Crippen LogP contribution in [-0.2, 0) is 4.79 Å². The van der Waals surface area contributed by atoms with Crippen LogP contribution < -0.4 is 14.5 Å². The molecule has 0 spiro atoms. The zero-order valence-electron chi connectivity index (χ0n) is 19.4. The average molecular weight is 443 g/mol. The van der Waals surface area contributed by atoms with E-state index in [1.807, 2.05) is 61.5 Å². The Morgan fingerprint density at radius 2 is 1.58 bits per heavy atom. The molecule has 0 bridgehead atoms. The minimum atomic E-state index is -0.338. The lowest BCUT2D eigenvalue weighted by atomic mass is 10.0. The summed E-state index contributed by atoms with van der Waals surface area (Å²) in [5.74, 6) is 0.795. The molecular formula is C28H30N2O3. The van der Waals surface area contributed by atoms with E-state index in [2.05, 4.69) is 26.0 Å². The van der Waals surface area contributed by atoms with E-state index in [9.17, 15) is 9.59 Å². The van der Waals surface area contributed by atoms with Gasteiger partial charge in [-0.3, -0.25) is 9.59 Å². The lowest BCUT2D eigenvalue weighted by Crippen LogP contribution is -2.39. The van der Waals surface area contributed by atoms with E-state index in [4.69, 9.17) is 4.74 Å². The topological polar surface area (TPSA) is 49.9 Å². The maximum atomic E-state index is 13.3. The van der Waals surface area contributed by atoms with Gasteiger partial charge >= 0.3 is 0 Å². The van der Waals surface area contributed by atoms with Gasteiger partial charge < -0.3 is 14.5 Å². The molecule has 1 aliphatic rings. The van der Waals surface area contributed by atoms with Crippen LogP contribution in [0.3, 0.4) is 0 Å². The van der Waals surface area contributed by atoms with E-state index in [1.165, 1.54) is 5.56 Å². The zero-order valence-corrected chi connectivity index (χ0v) is 19.4. The fourth-order valence-electron chi connectivity index (χ4n) is 4.12. The highest BCUT2D eigenvalue weighted by molar-refractivity contribution is 6.11.